The van der Waals surface area contributed by atoms with Gasteiger partial charge in [0.15, 0.2) is 0 Å². The van der Waals surface area contributed by atoms with Crippen LogP contribution >= 0.6 is 0 Å². The molecule has 1 unspecified atom stereocenters. The van der Waals surface area contributed by atoms with E-state index in [1.54, 1.807) is 12.1 Å². The Morgan fingerprint density at radius 2 is 2.29 bits per heavy atom. The van der Waals surface area contributed by atoms with E-state index in [2.05, 4.69) is 10.2 Å². The Morgan fingerprint density at radius 1 is 1.53 bits per heavy atom. The Kier molecular flexibility index (Phi) is 3.62. The molecule has 1 aliphatic carbocycles. The van der Waals surface area contributed by atoms with Crippen LogP contribution in [0.5, 0.6) is 0 Å². The maximum atomic E-state index is 9.41. The predicted molar refractivity (Wildman–Crippen MR) is 67.7 cm³/mol. The number of anilines is 1. The molecule has 4 heteroatoms. The molecule has 1 saturated carbocycles. The van der Waals surface area contributed by atoms with Crippen LogP contribution in [0.25, 0.3) is 4.85 Å². The fourth-order valence-corrected chi connectivity index (χ4v) is 1.99. The molecule has 0 radical (unpaired) electrons. The van der Waals surface area contributed by atoms with Gasteiger partial charge in [0.2, 0.25) is 5.69 Å². The zero-order valence-electron chi connectivity index (χ0n) is 9.69. The summed E-state index contributed by atoms with van der Waals surface area (Å²) in [7, 11) is 0. The van der Waals surface area contributed by atoms with Crippen LogP contribution in [0.15, 0.2) is 18.2 Å². The summed E-state index contributed by atoms with van der Waals surface area (Å²) < 4.78 is 0. The summed E-state index contributed by atoms with van der Waals surface area (Å²) in [5, 5.41) is 12.8. The minimum Gasteiger partial charge on any atom is -0.407 e. The summed E-state index contributed by atoms with van der Waals surface area (Å²) in [5.74, 6) is 0. The van der Waals surface area contributed by atoms with Crippen LogP contribution in [-0.2, 0) is 0 Å². The summed E-state index contributed by atoms with van der Waals surface area (Å²) in [5.41, 5.74) is 7.56. The summed E-state index contributed by atoms with van der Waals surface area (Å²) >= 11 is 0. The van der Waals surface area contributed by atoms with Crippen molar-refractivity contribution >= 4 is 11.4 Å². The zero-order valence-corrected chi connectivity index (χ0v) is 9.69. The Labute approximate surface area is 101 Å². The normalized spacial score (nSPS) is 17.2. The molecule has 0 saturated heterocycles. The van der Waals surface area contributed by atoms with E-state index in [-0.39, 0.29) is 12.6 Å². The molecule has 1 aliphatic rings. The molecule has 90 valence electrons. The molecule has 0 heterocycles. The number of aliphatic hydroxyl groups is 1. The number of nitrogens with zero attached hydrogens (tertiary/aromatic N) is 1. The predicted octanol–water partition coefficient (Wildman–Crippen LogP) is 2.00. The number of hydrogen-bond acceptors (Lipinski definition) is 3. The summed E-state index contributed by atoms with van der Waals surface area (Å²) in [4.78, 5) is 3.38. The highest BCUT2D eigenvalue weighted by atomic mass is 16.3. The number of nitrogens with one attached hydrogen (secondary N) is 1. The Bertz CT molecular complexity index is 435. The van der Waals surface area contributed by atoms with Gasteiger partial charge in [-0.1, -0.05) is 12.5 Å². The van der Waals surface area contributed by atoms with Crippen molar-refractivity contribution < 1.29 is 5.11 Å². The average Bonchev–Trinajstić information content (AvgIpc) is 2.29. The van der Waals surface area contributed by atoms with E-state index in [1.807, 2.05) is 6.07 Å². The minimum atomic E-state index is -0.0959. The van der Waals surface area contributed by atoms with Crippen LogP contribution in [0, 0.1) is 6.57 Å². The van der Waals surface area contributed by atoms with E-state index in [0.29, 0.717) is 17.4 Å². The maximum Gasteiger partial charge on any atom is 0.209 e. The van der Waals surface area contributed by atoms with Crippen molar-refractivity contribution in [1.29, 1.82) is 0 Å². The van der Waals surface area contributed by atoms with Crippen molar-refractivity contribution in [2.45, 2.75) is 31.3 Å². The second-order valence-electron chi connectivity index (χ2n) is 4.46. The second kappa shape index (κ2) is 5.17. The van der Waals surface area contributed by atoms with Crippen molar-refractivity contribution in [2.24, 2.45) is 0 Å². The number of rotatable bonds is 4. The summed E-state index contributed by atoms with van der Waals surface area (Å²) in [6.07, 6.45) is 3.59. The number of aliphatic hydroxyl groups excluding tert-OH is 1. The van der Waals surface area contributed by atoms with Crippen molar-refractivity contribution in [2.75, 3.05) is 12.3 Å². The van der Waals surface area contributed by atoms with Gasteiger partial charge >= 0.3 is 0 Å². The molecule has 1 aromatic carbocycles. The quantitative estimate of drug-likeness (QED) is 0.548. The molecule has 4 N–H and O–H groups in total. The van der Waals surface area contributed by atoms with Gasteiger partial charge in [-0.25, -0.2) is 4.85 Å². The highest BCUT2D eigenvalue weighted by Gasteiger charge is 2.21. The van der Waals surface area contributed by atoms with Gasteiger partial charge in [-0.2, -0.15) is 0 Å². The van der Waals surface area contributed by atoms with E-state index in [1.165, 1.54) is 19.3 Å². The average molecular weight is 231 g/mol. The van der Waals surface area contributed by atoms with Gasteiger partial charge in [-0.15, -0.1) is 0 Å². The lowest BCUT2D eigenvalue weighted by Gasteiger charge is -2.31. The van der Waals surface area contributed by atoms with Crippen LogP contribution in [0.3, 0.4) is 0 Å². The lowest BCUT2D eigenvalue weighted by atomic mass is 9.91. The first-order valence-corrected chi connectivity index (χ1v) is 5.88. The SMILES string of the molecule is [C-]#[N+]c1cc(C(CO)NC2CCC2)ccc1N. The number of nitrogens with two attached hydrogens (primary N) is 1. The first-order valence-electron chi connectivity index (χ1n) is 5.88. The highest BCUT2D eigenvalue weighted by molar-refractivity contribution is 5.68. The van der Waals surface area contributed by atoms with E-state index < -0.39 is 0 Å². The minimum absolute atomic E-state index is 0.0395. The van der Waals surface area contributed by atoms with Gasteiger partial charge in [0.1, 0.15) is 0 Å². The first kappa shape index (κ1) is 11.9. The molecule has 0 spiro atoms. The second-order valence-corrected chi connectivity index (χ2v) is 4.46. The molecule has 0 aromatic heterocycles. The Morgan fingerprint density at radius 3 is 2.82 bits per heavy atom. The largest absolute Gasteiger partial charge is 0.407 e. The molecule has 0 bridgehead atoms. The summed E-state index contributed by atoms with van der Waals surface area (Å²) in [6.45, 7) is 7.07. The summed E-state index contributed by atoms with van der Waals surface area (Å²) in [6, 6.07) is 5.77. The molecule has 17 heavy (non-hydrogen) atoms. The number of benzene rings is 1. The first-order chi connectivity index (χ1) is 8.24. The van der Waals surface area contributed by atoms with Gasteiger partial charge < -0.3 is 16.2 Å². The lowest BCUT2D eigenvalue weighted by molar-refractivity contribution is 0.209. The fourth-order valence-electron chi connectivity index (χ4n) is 1.99. The maximum absolute atomic E-state index is 9.41. The molecule has 0 amide bonds. The van der Waals surface area contributed by atoms with Gasteiger partial charge in [0, 0.05) is 11.7 Å². The fraction of sp³-hybridized carbons (Fsp3) is 0.462. The van der Waals surface area contributed by atoms with Crippen LogP contribution in [-0.4, -0.2) is 17.8 Å². The monoisotopic (exact) mass is 231 g/mol. The molecular formula is C13H17N3O. The highest BCUT2D eigenvalue weighted by Crippen LogP contribution is 2.28. The molecule has 2 rings (SSSR count). The molecule has 1 aromatic rings. The number of nitrogen functional groups attached to an aromatic ring is 1. The van der Waals surface area contributed by atoms with Crippen LogP contribution in [0.1, 0.15) is 30.9 Å². The number of hydrogen-bond donors (Lipinski definition) is 3. The van der Waals surface area contributed by atoms with Crippen LogP contribution < -0.4 is 11.1 Å². The van der Waals surface area contributed by atoms with Gasteiger partial charge in [0.25, 0.3) is 0 Å². The van der Waals surface area contributed by atoms with Gasteiger partial charge in [-0.3, -0.25) is 0 Å². The van der Waals surface area contributed by atoms with Crippen LogP contribution in [0.2, 0.25) is 0 Å². The van der Waals surface area contributed by atoms with E-state index in [0.717, 1.165) is 5.56 Å². The third-order valence-electron chi connectivity index (χ3n) is 3.30. The smallest absolute Gasteiger partial charge is 0.209 e. The van der Waals surface area contributed by atoms with Crippen molar-refractivity contribution in [1.82, 2.24) is 5.32 Å². The third kappa shape index (κ3) is 2.57. The molecule has 1 atom stereocenters. The third-order valence-corrected chi connectivity index (χ3v) is 3.30. The van der Waals surface area contributed by atoms with Gasteiger partial charge in [0.05, 0.1) is 19.2 Å². The standard InChI is InChI=1S/C13H17N3O/c1-15-12-7-9(5-6-11(12)14)13(8-17)16-10-3-2-4-10/h5-7,10,13,16-17H,2-4,8,14H2. The van der Waals surface area contributed by atoms with E-state index >= 15 is 0 Å². The Balaban J connectivity index is 2.15. The molecule has 1 fully saturated rings. The topological polar surface area (TPSA) is 62.6 Å². The molecular weight excluding hydrogens is 214 g/mol. The Hall–Kier alpha value is -1.57. The van der Waals surface area contributed by atoms with Crippen molar-refractivity contribution in [3.05, 3.63) is 35.2 Å². The molecule has 4 nitrogen and oxygen atoms in total. The molecule has 0 aliphatic heterocycles. The zero-order chi connectivity index (χ0) is 12.3. The van der Waals surface area contributed by atoms with Gasteiger partial charge in [-0.05, 0) is 30.5 Å². The van der Waals surface area contributed by atoms with E-state index in [9.17, 15) is 5.11 Å². The van der Waals surface area contributed by atoms with Crippen LogP contribution in [0.4, 0.5) is 11.4 Å². The van der Waals surface area contributed by atoms with Crippen molar-refractivity contribution in [3.63, 3.8) is 0 Å². The van der Waals surface area contributed by atoms with E-state index in [4.69, 9.17) is 12.3 Å². The lowest BCUT2D eigenvalue weighted by Crippen LogP contribution is -2.39. The van der Waals surface area contributed by atoms with Crippen molar-refractivity contribution in [3.8, 4) is 0 Å².